The quantitative estimate of drug-likeness (QED) is 0.611. The van der Waals surface area contributed by atoms with Crippen LogP contribution in [0.4, 0.5) is 11.4 Å². The van der Waals surface area contributed by atoms with Gasteiger partial charge in [-0.1, -0.05) is 60.7 Å². The first kappa shape index (κ1) is 16.1. The van der Waals surface area contributed by atoms with Gasteiger partial charge in [-0.05, 0) is 48.2 Å². The summed E-state index contributed by atoms with van der Waals surface area (Å²) in [6.45, 7) is 1.91. The van der Waals surface area contributed by atoms with E-state index >= 15 is 0 Å². The molecule has 24 heavy (non-hydrogen) atoms. The maximum absolute atomic E-state index is 3.45. The van der Waals surface area contributed by atoms with Crippen molar-refractivity contribution in [1.29, 1.82) is 0 Å². The minimum atomic E-state index is 0.957. The topological polar surface area (TPSA) is 24.1 Å². The standard InChI is InChI=1S/C22H24N2/c1-3-7-21(8-4-1)23-17-15-19-11-13-20(14-12-19)16-18-24-22-9-5-2-6-10-22/h1-14,23-24H,15-18H2. The molecule has 0 saturated carbocycles. The van der Waals surface area contributed by atoms with Gasteiger partial charge in [-0.2, -0.15) is 0 Å². The zero-order valence-corrected chi connectivity index (χ0v) is 13.9. The van der Waals surface area contributed by atoms with Crippen LogP contribution in [-0.2, 0) is 12.8 Å². The Hall–Kier alpha value is -2.74. The van der Waals surface area contributed by atoms with E-state index in [4.69, 9.17) is 0 Å². The molecule has 3 aromatic carbocycles. The molecule has 0 atom stereocenters. The van der Waals surface area contributed by atoms with Gasteiger partial charge in [-0.25, -0.2) is 0 Å². The van der Waals surface area contributed by atoms with Gasteiger partial charge >= 0.3 is 0 Å². The highest BCUT2D eigenvalue weighted by Crippen LogP contribution is 2.09. The molecular weight excluding hydrogens is 292 g/mol. The summed E-state index contributed by atoms with van der Waals surface area (Å²) >= 11 is 0. The number of hydrogen-bond acceptors (Lipinski definition) is 2. The van der Waals surface area contributed by atoms with Crippen LogP contribution in [0.2, 0.25) is 0 Å². The van der Waals surface area contributed by atoms with Crippen molar-refractivity contribution in [2.75, 3.05) is 23.7 Å². The van der Waals surface area contributed by atoms with Crippen molar-refractivity contribution < 1.29 is 0 Å². The van der Waals surface area contributed by atoms with Gasteiger partial charge in [-0.15, -0.1) is 0 Å². The summed E-state index contributed by atoms with van der Waals surface area (Å²) in [5.74, 6) is 0. The molecule has 0 aliphatic heterocycles. The van der Waals surface area contributed by atoms with E-state index in [9.17, 15) is 0 Å². The maximum atomic E-state index is 3.45. The number of para-hydroxylation sites is 2. The Kier molecular flexibility index (Phi) is 5.90. The summed E-state index contributed by atoms with van der Waals surface area (Å²) in [5.41, 5.74) is 5.11. The van der Waals surface area contributed by atoms with Gasteiger partial charge < -0.3 is 10.6 Å². The van der Waals surface area contributed by atoms with E-state index in [1.54, 1.807) is 0 Å². The molecule has 0 saturated heterocycles. The highest BCUT2D eigenvalue weighted by molar-refractivity contribution is 5.43. The fraction of sp³-hybridized carbons (Fsp3) is 0.182. The third-order valence-corrected chi connectivity index (χ3v) is 4.06. The van der Waals surface area contributed by atoms with Crippen molar-refractivity contribution >= 4 is 11.4 Å². The van der Waals surface area contributed by atoms with Gasteiger partial charge in [-0.3, -0.25) is 0 Å². The Morgan fingerprint density at radius 3 is 1.21 bits per heavy atom. The molecule has 0 spiro atoms. The van der Waals surface area contributed by atoms with Crippen LogP contribution >= 0.6 is 0 Å². The summed E-state index contributed by atoms with van der Waals surface area (Å²) in [7, 11) is 0. The minimum absolute atomic E-state index is 0.957. The maximum Gasteiger partial charge on any atom is 0.0340 e. The lowest BCUT2D eigenvalue weighted by Crippen LogP contribution is -2.06. The lowest BCUT2D eigenvalue weighted by molar-refractivity contribution is 0.996. The van der Waals surface area contributed by atoms with Crippen LogP contribution in [0.5, 0.6) is 0 Å². The Bertz CT molecular complexity index is 641. The second-order valence-corrected chi connectivity index (χ2v) is 5.90. The van der Waals surface area contributed by atoms with Crippen LogP contribution in [0.25, 0.3) is 0 Å². The van der Waals surface area contributed by atoms with Crippen molar-refractivity contribution in [3.8, 4) is 0 Å². The Morgan fingerprint density at radius 2 is 0.833 bits per heavy atom. The molecule has 0 aliphatic rings. The average molecular weight is 316 g/mol. The molecule has 0 fully saturated rings. The van der Waals surface area contributed by atoms with Gasteiger partial charge in [0.05, 0.1) is 0 Å². The van der Waals surface area contributed by atoms with Crippen molar-refractivity contribution in [2.24, 2.45) is 0 Å². The molecular formula is C22H24N2. The van der Waals surface area contributed by atoms with E-state index in [0.29, 0.717) is 0 Å². The van der Waals surface area contributed by atoms with Gasteiger partial charge in [0.25, 0.3) is 0 Å². The Morgan fingerprint density at radius 1 is 0.458 bits per heavy atom. The molecule has 0 aliphatic carbocycles. The molecule has 0 aromatic heterocycles. The van der Waals surface area contributed by atoms with Crippen LogP contribution in [0.15, 0.2) is 84.9 Å². The molecule has 2 heteroatoms. The van der Waals surface area contributed by atoms with Crippen LogP contribution in [0.1, 0.15) is 11.1 Å². The summed E-state index contributed by atoms with van der Waals surface area (Å²) in [6, 6.07) is 29.7. The Balaban J connectivity index is 1.40. The normalized spacial score (nSPS) is 10.3. The van der Waals surface area contributed by atoms with E-state index in [-0.39, 0.29) is 0 Å². The Labute approximate surface area is 144 Å². The van der Waals surface area contributed by atoms with Gasteiger partial charge in [0.1, 0.15) is 0 Å². The summed E-state index contributed by atoms with van der Waals surface area (Å²) in [6.07, 6.45) is 2.08. The molecule has 122 valence electrons. The van der Waals surface area contributed by atoms with Crippen LogP contribution in [0.3, 0.4) is 0 Å². The average Bonchev–Trinajstić information content (AvgIpc) is 2.65. The number of anilines is 2. The van der Waals surface area contributed by atoms with Gasteiger partial charge in [0.15, 0.2) is 0 Å². The fourth-order valence-corrected chi connectivity index (χ4v) is 2.69. The second-order valence-electron chi connectivity index (χ2n) is 5.90. The summed E-state index contributed by atoms with van der Waals surface area (Å²) in [4.78, 5) is 0. The molecule has 0 bridgehead atoms. The van der Waals surface area contributed by atoms with E-state index in [1.165, 1.54) is 22.5 Å². The van der Waals surface area contributed by atoms with Crippen molar-refractivity contribution in [2.45, 2.75) is 12.8 Å². The molecule has 3 rings (SSSR count). The molecule has 3 aromatic rings. The molecule has 2 nitrogen and oxygen atoms in total. The third kappa shape index (κ3) is 5.17. The predicted molar refractivity (Wildman–Crippen MR) is 104 cm³/mol. The number of rotatable bonds is 8. The summed E-state index contributed by atoms with van der Waals surface area (Å²) in [5, 5.41) is 6.90. The highest BCUT2D eigenvalue weighted by atomic mass is 14.9. The number of nitrogens with one attached hydrogen (secondary N) is 2. The highest BCUT2D eigenvalue weighted by Gasteiger charge is 1.97. The lowest BCUT2D eigenvalue weighted by atomic mass is 10.1. The van der Waals surface area contributed by atoms with E-state index in [0.717, 1.165) is 25.9 Å². The van der Waals surface area contributed by atoms with Crippen molar-refractivity contribution in [3.05, 3.63) is 96.1 Å². The molecule has 0 unspecified atom stereocenters. The molecule has 2 N–H and O–H groups in total. The lowest BCUT2D eigenvalue weighted by Gasteiger charge is -2.08. The van der Waals surface area contributed by atoms with Crippen molar-refractivity contribution in [1.82, 2.24) is 0 Å². The monoisotopic (exact) mass is 316 g/mol. The molecule has 0 amide bonds. The second kappa shape index (κ2) is 8.78. The van der Waals surface area contributed by atoms with Gasteiger partial charge in [0, 0.05) is 24.5 Å². The predicted octanol–water partition coefficient (Wildman–Crippen LogP) is 5.00. The van der Waals surface area contributed by atoms with Crippen LogP contribution < -0.4 is 10.6 Å². The number of hydrogen-bond donors (Lipinski definition) is 2. The summed E-state index contributed by atoms with van der Waals surface area (Å²) < 4.78 is 0. The smallest absolute Gasteiger partial charge is 0.0340 e. The largest absolute Gasteiger partial charge is 0.385 e. The molecule has 0 radical (unpaired) electrons. The third-order valence-electron chi connectivity index (χ3n) is 4.06. The SMILES string of the molecule is c1ccc(NCCc2ccc(CCNc3ccccc3)cc2)cc1. The van der Waals surface area contributed by atoms with Crippen molar-refractivity contribution in [3.63, 3.8) is 0 Å². The molecule has 0 heterocycles. The van der Waals surface area contributed by atoms with E-state index in [1.807, 2.05) is 12.1 Å². The zero-order valence-electron chi connectivity index (χ0n) is 13.9. The minimum Gasteiger partial charge on any atom is -0.385 e. The zero-order chi connectivity index (χ0) is 16.5. The number of benzene rings is 3. The first-order valence-electron chi connectivity index (χ1n) is 8.56. The fourth-order valence-electron chi connectivity index (χ4n) is 2.69. The van der Waals surface area contributed by atoms with Gasteiger partial charge in [0.2, 0.25) is 0 Å². The van der Waals surface area contributed by atoms with E-state index < -0.39 is 0 Å². The van der Waals surface area contributed by atoms with Crippen LogP contribution in [0, 0.1) is 0 Å². The first-order chi connectivity index (χ1) is 11.9. The first-order valence-corrected chi connectivity index (χ1v) is 8.56. The van der Waals surface area contributed by atoms with E-state index in [2.05, 4.69) is 83.4 Å². The van der Waals surface area contributed by atoms with Crippen LogP contribution in [-0.4, -0.2) is 13.1 Å².